The number of halogens is 1. The number of ether oxygens (including phenoxy) is 1. The minimum absolute atomic E-state index is 0.203. The molecule has 0 N–H and O–H groups in total. The van der Waals surface area contributed by atoms with Crippen LogP contribution in [0.2, 0.25) is 0 Å². The molecule has 3 atom stereocenters. The van der Waals surface area contributed by atoms with Gasteiger partial charge in [-0.05, 0) is 55.2 Å². The summed E-state index contributed by atoms with van der Waals surface area (Å²) in [7, 11) is 0. The smallest absolute Gasteiger partial charge is 0.119 e. The molecule has 2 fully saturated rings. The molecule has 2 saturated carbocycles. The van der Waals surface area contributed by atoms with E-state index in [0.29, 0.717) is 0 Å². The first kappa shape index (κ1) is 12.3. The quantitative estimate of drug-likeness (QED) is 0.710. The van der Waals surface area contributed by atoms with Gasteiger partial charge in [0.05, 0.1) is 12.0 Å². The van der Waals surface area contributed by atoms with Gasteiger partial charge in [-0.15, -0.1) is 11.6 Å². The summed E-state index contributed by atoms with van der Waals surface area (Å²) in [6.45, 7) is 2.73. The van der Waals surface area contributed by atoms with Crippen molar-refractivity contribution in [1.29, 1.82) is 0 Å². The molecular formula is C16H21ClO. The van der Waals surface area contributed by atoms with Crippen LogP contribution in [0.5, 0.6) is 5.75 Å². The van der Waals surface area contributed by atoms with E-state index < -0.39 is 0 Å². The predicted octanol–water partition coefficient (Wildman–Crippen LogP) is 4.80. The minimum atomic E-state index is 0.203. The zero-order valence-electron chi connectivity index (χ0n) is 10.9. The predicted molar refractivity (Wildman–Crippen MR) is 75.1 cm³/mol. The first-order chi connectivity index (χ1) is 8.81. The Labute approximate surface area is 114 Å². The van der Waals surface area contributed by atoms with Crippen LogP contribution in [0.25, 0.3) is 0 Å². The highest BCUT2D eigenvalue weighted by Crippen LogP contribution is 2.62. The molecule has 1 aromatic rings. The van der Waals surface area contributed by atoms with Crippen LogP contribution < -0.4 is 4.74 Å². The average Bonchev–Trinajstić information content (AvgIpc) is 3.13. The summed E-state index contributed by atoms with van der Waals surface area (Å²) in [6, 6.07) is 8.35. The molecule has 3 rings (SSSR count). The second kappa shape index (κ2) is 5.13. The van der Waals surface area contributed by atoms with Crippen molar-refractivity contribution in [3.63, 3.8) is 0 Å². The lowest BCUT2D eigenvalue weighted by Gasteiger charge is -2.10. The first-order valence-electron chi connectivity index (χ1n) is 7.18. The van der Waals surface area contributed by atoms with Crippen LogP contribution >= 0.6 is 11.6 Å². The van der Waals surface area contributed by atoms with Crippen LogP contribution in [0.1, 0.15) is 43.5 Å². The van der Waals surface area contributed by atoms with Crippen LogP contribution in [0.15, 0.2) is 24.3 Å². The van der Waals surface area contributed by atoms with Gasteiger partial charge in [-0.25, -0.2) is 0 Å². The van der Waals surface area contributed by atoms with Crippen LogP contribution in [0, 0.1) is 17.8 Å². The van der Waals surface area contributed by atoms with Crippen LogP contribution in [0.4, 0.5) is 0 Å². The van der Waals surface area contributed by atoms with Gasteiger partial charge in [-0.1, -0.05) is 25.0 Å². The van der Waals surface area contributed by atoms with Crippen molar-refractivity contribution < 1.29 is 4.74 Å². The van der Waals surface area contributed by atoms with Crippen LogP contribution in [-0.2, 0) is 0 Å². The van der Waals surface area contributed by atoms with Gasteiger partial charge in [-0.3, -0.25) is 0 Å². The molecule has 2 aliphatic carbocycles. The normalized spacial score (nSPS) is 31.6. The van der Waals surface area contributed by atoms with Crippen molar-refractivity contribution >= 4 is 11.6 Å². The number of benzene rings is 1. The maximum Gasteiger partial charge on any atom is 0.119 e. The molecule has 0 saturated heterocycles. The van der Waals surface area contributed by atoms with Crippen molar-refractivity contribution in [3.05, 3.63) is 29.8 Å². The molecule has 0 spiro atoms. The Bertz CT molecular complexity index is 388. The summed E-state index contributed by atoms with van der Waals surface area (Å²) in [6.07, 6.45) is 5.61. The molecule has 0 aliphatic heterocycles. The van der Waals surface area contributed by atoms with Crippen molar-refractivity contribution in [1.82, 2.24) is 0 Å². The molecule has 0 bridgehead atoms. The Morgan fingerprint density at radius 1 is 1.17 bits per heavy atom. The lowest BCUT2D eigenvalue weighted by Crippen LogP contribution is -1.97. The Morgan fingerprint density at radius 3 is 2.33 bits per heavy atom. The summed E-state index contributed by atoms with van der Waals surface area (Å²) in [5, 5.41) is 0.203. The number of fused-ring (bicyclic) bond motifs is 1. The number of hydrogen-bond donors (Lipinski definition) is 0. The molecule has 98 valence electrons. The van der Waals surface area contributed by atoms with Gasteiger partial charge in [0.25, 0.3) is 0 Å². The number of rotatable bonds is 4. The third kappa shape index (κ3) is 2.25. The monoisotopic (exact) mass is 264 g/mol. The lowest BCUT2D eigenvalue weighted by molar-refractivity contribution is 0.340. The fourth-order valence-electron chi connectivity index (χ4n) is 3.62. The van der Waals surface area contributed by atoms with Crippen LogP contribution in [0.3, 0.4) is 0 Å². The molecule has 1 nitrogen and oxygen atoms in total. The molecule has 3 unspecified atom stereocenters. The first-order valence-corrected chi connectivity index (χ1v) is 7.61. The van der Waals surface area contributed by atoms with E-state index in [0.717, 1.165) is 30.1 Å². The molecule has 2 aliphatic rings. The minimum Gasteiger partial charge on any atom is -0.494 e. The Morgan fingerprint density at radius 2 is 1.78 bits per heavy atom. The van der Waals surface area contributed by atoms with E-state index >= 15 is 0 Å². The second-order valence-electron chi connectivity index (χ2n) is 5.59. The van der Waals surface area contributed by atoms with Gasteiger partial charge < -0.3 is 4.74 Å². The summed E-state index contributed by atoms with van der Waals surface area (Å²) in [5.41, 5.74) is 1.26. The summed E-state index contributed by atoms with van der Waals surface area (Å²) in [4.78, 5) is 0. The van der Waals surface area contributed by atoms with Gasteiger partial charge in [0.2, 0.25) is 0 Å². The third-order valence-electron chi connectivity index (χ3n) is 4.57. The average molecular weight is 265 g/mol. The summed E-state index contributed by atoms with van der Waals surface area (Å²) < 4.78 is 5.47. The second-order valence-corrected chi connectivity index (χ2v) is 6.06. The van der Waals surface area contributed by atoms with E-state index in [4.69, 9.17) is 16.3 Å². The maximum atomic E-state index is 6.67. The number of hydrogen-bond acceptors (Lipinski definition) is 1. The van der Waals surface area contributed by atoms with Gasteiger partial charge in [0.1, 0.15) is 5.75 Å². The topological polar surface area (TPSA) is 9.23 Å². The Kier molecular flexibility index (Phi) is 3.52. The molecule has 0 amide bonds. The zero-order valence-corrected chi connectivity index (χ0v) is 11.7. The van der Waals surface area contributed by atoms with Crippen LogP contribution in [-0.4, -0.2) is 6.61 Å². The molecule has 0 heterocycles. The van der Waals surface area contributed by atoms with E-state index in [2.05, 4.69) is 12.1 Å². The standard InChI is InChI=1S/C16H21ClO/c1-2-18-12-9-7-11(8-10-12)16(17)15-13-5-3-4-6-14(13)15/h7-10,13-16H,2-6H2,1H3. The molecule has 0 radical (unpaired) electrons. The third-order valence-corrected chi connectivity index (χ3v) is 5.11. The molecule has 0 aromatic heterocycles. The molecule has 1 aromatic carbocycles. The Balaban J connectivity index is 1.67. The molecule has 2 heteroatoms. The highest BCUT2D eigenvalue weighted by atomic mass is 35.5. The van der Waals surface area contributed by atoms with E-state index in [1.54, 1.807) is 0 Å². The molecular weight excluding hydrogens is 244 g/mol. The van der Waals surface area contributed by atoms with Crippen molar-refractivity contribution in [2.24, 2.45) is 17.8 Å². The summed E-state index contributed by atoms with van der Waals surface area (Å²) in [5.74, 6) is 3.49. The highest BCUT2D eigenvalue weighted by Gasteiger charge is 2.53. The van der Waals surface area contributed by atoms with Gasteiger partial charge in [0.15, 0.2) is 0 Å². The van der Waals surface area contributed by atoms with E-state index in [1.165, 1.54) is 31.2 Å². The molecule has 18 heavy (non-hydrogen) atoms. The van der Waals surface area contributed by atoms with Crippen molar-refractivity contribution in [3.8, 4) is 5.75 Å². The summed E-state index contributed by atoms with van der Waals surface area (Å²) >= 11 is 6.67. The fraction of sp³-hybridized carbons (Fsp3) is 0.625. The van der Waals surface area contributed by atoms with Crippen molar-refractivity contribution in [2.45, 2.75) is 38.0 Å². The SMILES string of the molecule is CCOc1ccc(C(Cl)C2C3CCCCC32)cc1. The fourth-order valence-corrected chi connectivity index (χ4v) is 4.14. The van der Waals surface area contributed by atoms with Gasteiger partial charge >= 0.3 is 0 Å². The van der Waals surface area contributed by atoms with Gasteiger partial charge in [-0.2, -0.15) is 0 Å². The lowest BCUT2D eigenvalue weighted by atomic mass is 10.0. The van der Waals surface area contributed by atoms with E-state index in [1.807, 2.05) is 19.1 Å². The largest absolute Gasteiger partial charge is 0.494 e. The Hall–Kier alpha value is -0.690. The van der Waals surface area contributed by atoms with E-state index in [9.17, 15) is 0 Å². The number of alkyl halides is 1. The zero-order chi connectivity index (χ0) is 12.5. The maximum absolute atomic E-state index is 6.67. The van der Waals surface area contributed by atoms with Crippen molar-refractivity contribution in [2.75, 3.05) is 6.61 Å². The van der Waals surface area contributed by atoms with Gasteiger partial charge in [0, 0.05) is 0 Å². The van der Waals surface area contributed by atoms with E-state index in [-0.39, 0.29) is 5.38 Å². The highest BCUT2D eigenvalue weighted by molar-refractivity contribution is 6.21.